The van der Waals surface area contributed by atoms with Gasteiger partial charge in [-0.25, -0.2) is 0 Å². The predicted molar refractivity (Wildman–Crippen MR) is 54.6 cm³/mol. The van der Waals surface area contributed by atoms with Crippen molar-refractivity contribution in [2.24, 2.45) is 0 Å². The van der Waals surface area contributed by atoms with Gasteiger partial charge in [-0.3, -0.25) is 0 Å². The Morgan fingerprint density at radius 1 is 1.08 bits per heavy atom. The third-order valence-corrected chi connectivity index (χ3v) is 1.84. The van der Waals surface area contributed by atoms with Gasteiger partial charge in [-0.1, -0.05) is 6.92 Å². The summed E-state index contributed by atoms with van der Waals surface area (Å²) in [4.78, 5) is 2.33. The summed E-state index contributed by atoms with van der Waals surface area (Å²) in [6, 6.07) is 0. The first-order valence-corrected chi connectivity index (χ1v) is 4.85. The van der Waals surface area contributed by atoms with Crippen LogP contribution in [0.1, 0.15) is 13.3 Å². The van der Waals surface area contributed by atoms with E-state index >= 15 is 0 Å². The lowest BCUT2D eigenvalue weighted by molar-refractivity contribution is 0.333. The van der Waals surface area contributed by atoms with E-state index in [9.17, 15) is 0 Å². The van der Waals surface area contributed by atoms with E-state index in [0.29, 0.717) is 0 Å². The fourth-order valence-corrected chi connectivity index (χ4v) is 0.986. The molecule has 3 heteroatoms. The van der Waals surface area contributed by atoms with E-state index in [2.05, 4.69) is 29.5 Å². The maximum absolute atomic E-state index is 3.38. The van der Waals surface area contributed by atoms with E-state index in [4.69, 9.17) is 0 Å². The van der Waals surface area contributed by atoms with E-state index in [1.54, 1.807) is 0 Å². The molecule has 0 unspecified atom stereocenters. The van der Waals surface area contributed by atoms with Gasteiger partial charge in [0.25, 0.3) is 0 Å². The standard InChI is InChI=1S/C9H23N3/c1-4-5-11-7-9-12(3)8-6-10-2/h10-11H,4-9H2,1-3H3. The Balaban J connectivity index is 3.02. The first-order chi connectivity index (χ1) is 5.81. The predicted octanol–water partition coefficient (Wildman–Crippen LogP) is 0.137. The normalized spacial score (nSPS) is 11.0. The minimum Gasteiger partial charge on any atom is -0.318 e. The molecule has 0 aromatic heterocycles. The lowest BCUT2D eigenvalue weighted by Gasteiger charge is -2.16. The molecule has 0 aromatic rings. The van der Waals surface area contributed by atoms with Crippen molar-refractivity contribution in [1.29, 1.82) is 0 Å². The highest BCUT2D eigenvalue weighted by atomic mass is 15.1. The van der Waals surface area contributed by atoms with Gasteiger partial charge in [-0.05, 0) is 27.1 Å². The van der Waals surface area contributed by atoms with Crippen LogP contribution < -0.4 is 10.6 Å². The lowest BCUT2D eigenvalue weighted by atomic mass is 10.4. The number of rotatable bonds is 8. The third-order valence-electron chi connectivity index (χ3n) is 1.84. The Bertz CT molecular complexity index is 85.8. The number of hydrogen-bond donors (Lipinski definition) is 2. The lowest BCUT2D eigenvalue weighted by Crippen LogP contribution is -2.33. The molecule has 2 N–H and O–H groups in total. The van der Waals surface area contributed by atoms with Crippen LogP contribution in [0.3, 0.4) is 0 Å². The van der Waals surface area contributed by atoms with Crippen LogP contribution in [0.2, 0.25) is 0 Å². The first-order valence-electron chi connectivity index (χ1n) is 4.85. The SMILES string of the molecule is CCCNCCN(C)CCNC. The highest BCUT2D eigenvalue weighted by Crippen LogP contribution is 1.78. The number of likely N-dealkylation sites (N-methyl/N-ethyl adjacent to an activating group) is 2. The molecule has 0 saturated heterocycles. The van der Waals surface area contributed by atoms with Crippen LogP contribution in [0, 0.1) is 0 Å². The number of nitrogens with one attached hydrogen (secondary N) is 2. The van der Waals surface area contributed by atoms with Crippen LogP contribution >= 0.6 is 0 Å². The monoisotopic (exact) mass is 173 g/mol. The van der Waals surface area contributed by atoms with Crippen LogP contribution in [0.4, 0.5) is 0 Å². The summed E-state index contributed by atoms with van der Waals surface area (Å²) in [5, 5.41) is 6.52. The maximum Gasteiger partial charge on any atom is 0.0104 e. The second-order valence-electron chi connectivity index (χ2n) is 3.16. The Kier molecular flexibility index (Phi) is 8.88. The van der Waals surface area contributed by atoms with Gasteiger partial charge in [0.05, 0.1) is 0 Å². The molecule has 0 amide bonds. The zero-order valence-electron chi connectivity index (χ0n) is 8.69. The summed E-state index contributed by atoms with van der Waals surface area (Å²) in [6.45, 7) is 7.78. The fourth-order valence-electron chi connectivity index (χ4n) is 0.986. The molecule has 0 rings (SSSR count). The van der Waals surface area contributed by atoms with Gasteiger partial charge in [0, 0.05) is 26.2 Å². The van der Waals surface area contributed by atoms with Gasteiger partial charge in [0.15, 0.2) is 0 Å². The van der Waals surface area contributed by atoms with Crippen molar-refractivity contribution in [3.63, 3.8) is 0 Å². The van der Waals surface area contributed by atoms with Gasteiger partial charge in [0.2, 0.25) is 0 Å². The summed E-state index contributed by atoms with van der Waals surface area (Å²) >= 11 is 0. The highest BCUT2D eigenvalue weighted by Gasteiger charge is 1.94. The largest absolute Gasteiger partial charge is 0.318 e. The summed E-state index contributed by atoms with van der Waals surface area (Å²) in [5.41, 5.74) is 0. The molecular weight excluding hydrogens is 150 g/mol. The van der Waals surface area contributed by atoms with Crippen LogP contribution in [-0.4, -0.2) is 51.7 Å². The van der Waals surface area contributed by atoms with Gasteiger partial charge < -0.3 is 15.5 Å². The van der Waals surface area contributed by atoms with Crippen molar-refractivity contribution in [1.82, 2.24) is 15.5 Å². The molecule has 0 heterocycles. The molecule has 12 heavy (non-hydrogen) atoms. The molecule has 0 atom stereocenters. The molecule has 0 aliphatic carbocycles. The molecule has 0 aromatic carbocycles. The van der Waals surface area contributed by atoms with Crippen molar-refractivity contribution in [2.75, 3.05) is 46.8 Å². The van der Waals surface area contributed by atoms with E-state index < -0.39 is 0 Å². The number of nitrogens with zero attached hydrogens (tertiary/aromatic N) is 1. The average molecular weight is 173 g/mol. The summed E-state index contributed by atoms with van der Waals surface area (Å²) in [7, 11) is 4.15. The molecule has 0 aliphatic heterocycles. The zero-order chi connectivity index (χ0) is 9.23. The minimum atomic E-state index is 1.07. The van der Waals surface area contributed by atoms with Crippen molar-refractivity contribution in [3.05, 3.63) is 0 Å². The summed E-state index contributed by atoms with van der Waals surface area (Å²) in [5.74, 6) is 0. The number of hydrogen-bond acceptors (Lipinski definition) is 3. The zero-order valence-corrected chi connectivity index (χ0v) is 8.69. The Hall–Kier alpha value is -0.120. The van der Waals surface area contributed by atoms with Gasteiger partial charge in [0.1, 0.15) is 0 Å². The molecule has 0 bridgehead atoms. The molecule has 0 aliphatic rings. The van der Waals surface area contributed by atoms with Crippen LogP contribution in [0.25, 0.3) is 0 Å². The third kappa shape index (κ3) is 7.98. The molecule has 0 radical (unpaired) electrons. The Morgan fingerprint density at radius 2 is 1.75 bits per heavy atom. The van der Waals surface area contributed by atoms with Crippen LogP contribution in [-0.2, 0) is 0 Å². The minimum absolute atomic E-state index is 1.07. The molecule has 3 nitrogen and oxygen atoms in total. The fraction of sp³-hybridized carbons (Fsp3) is 1.00. The summed E-state index contributed by atoms with van der Waals surface area (Å²) in [6.07, 6.45) is 1.22. The Morgan fingerprint density at radius 3 is 2.33 bits per heavy atom. The van der Waals surface area contributed by atoms with Crippen molar-refractivity contribution >= 4 is 0 Å². The quantitative estimate of drug-likeness (QED) is 0.511. The van der Waals surface area contributed by atoms with Crippen molar-refractivity contribution < 1.29 is 0 Å². The van der Waals surface area contributed by atoms with Crippen LogP contribution in [0.15, 0.2) is 0 Å². The van der Waals surface area contributed by atoms with E-state index in [0.717, 1.165) is 32.7 Å². The second-order valence-corrected chi connectivity index (χ2v) is 3.16. The van der Waals surface area contributed by atoms with Gasteiger partial charge in [-0.15, -0.1) is 0 Å². The molecule has 0 saturated carbocycles. The Labute approximate surface area is 76.5 Å². The summed E-state index contributed by atoms with van der Waals surface area (Å²) < 4.78 is 0. The van der Waals surface area contributed by atoms with Crippen molar-refractivity contribution in [3.8, 4) is 0 Å². The molecular formula is C9H23N3. The van der Waals surface area contributed by atoms with Gasteiger partial charge in [-0.2, -0.15) is 0 Å². The van der Waals surface area contributed by atoms with E-state index in [-0.39, 0.29) is 0 Å². The maximum atomic E-state index is 3.38. The average Bonchev–Trinajstić information content (AvgIpc) is 2.09. The molecule has 74 valence electrons. The van der Waals surface area contributed by atoms with Crippen molar-refractivity contribution in [2.45, 2.75) is 13.3 Å². The molecule has 0 spiro atoms. The molecule has 0 fully saturated rings. The highest BCUT2D eigenvalue weighted by molar-refractivity contribution is 4.55. The van der Waals surface area contributed by atoms with E-state index in [1.807, 2.05) is 7.05 Å². The second kappa shape index (κ2) is 8.97. The van der Waals surface area contributed by atoms with Gasteiger partial charge >= 0.3 is 0 Å². The van der Waals surface area contributed by atoms with E-state index in [1.165, 1.54) is 6.42 Å². The van der Waals surface area contributed by atoms with Crippen LogP contribution in [0.5, 0.6) is 0 Å². The smallest absolute Gasteiger partial charge is 0.0104 e. The topological polar surface area (TPSA) is 27.3 Å². The first kappa shape index (κ1) is 11.9.